The maximum absolute atomic E-state index is 10.6. The highest BCUT2D eigenvalue weighted by molar-refractivity contribution is 8.03. The largest absolute Gasteiger partial charge is 0.288 e. The normalized spacial score (nSPS) is 17.7. The van der Waals surface area contributed by atoms with Crippen LogP contribution in [0.5, 0.6) is 0 Å². The summed E-state index contributed by atoms with van der Waals surface area (Å²) in [5.41, 5.74) is 0. The summed E-state index contributed by atoms with van der Waals surface area (Å²) in [6.45, 7) is 0. The Hall–Kier alpha value is -0.770. The van der Waals surface area contributed by atoms with Crippen molar-refractivity contribution in [3.63, 3.8) is 0 Å². The van der Waals surface area contributed by atoms with E-state index in [1.54, 1.807) is 6.26 Å². The van der Waals surface area contributed by atoms with Gasteiger partial charge in [0.25, 0.3) is 11.8 Å². The molecule has 0 saturated heterocycles. The summed E-state index contributed by atoms with van der Waals surface area (Å²) in [5.74, 6) is -0.600. The van der Waals surface area contributed by atoms with Crippen molar-refractivity contribution >= 4 is 23.6 Å². The SMILES string of the molecule is CSC1=CC(=O)NC1=O. The maximum Gasteiger partial charge on any atom is 0.264 e. The Morgan fingerprint density at radius 2 is 2.22 bits per heavy atom. The Kier molecular flexibility index (Phi) is 1.57. The molecule has 1 aliphatic rings. The second-order valence-corrected chi connectivity index (χ2v) is 2.38. The molecule has 9 heavy (non-hydrogen) atoms. The van der Waals surface area contributed by atoms with Crippen LogP contribution in [0.15, 0.2) is 11.0 Å². The van der Waals surface area contributed by atoms with E-state index in [1.807, 2.05) is 0 Å². The van der Waals surface area contributed by atoms with E-state index in [0.29, 0.717) is 4.91 Å². The van der Waals surface area contributed by atoms with Crippen molar-refractivity contribution in [3.8, 4) is 0 Å². The fourth-order valence-electron chi connectivity index (χ4n) is 0.546. The van der Waals surface area contributed by atoms with Crippen LogP contribution in [0.1, 0.15) is 0 Å². The number of carbonyl (C=O) groups excluding carboxylic acids is 2. The van der Waals surface area contributed by atoms with Crippen LogP contribution in [0.2, 0.25) is 0 Å². The van der Waals surface area contributed by atoms with Crippen LogP contribution in [-0.4, -0.2) is 18.1 Å². The van der Waals surface area contributed by atoms with E-state index in [-0.39, 0.29) is 11.8 Å². The van der Waals surface area contributed by atoms with E-state index in [9.17, 15) is 9.59 Å². The average molecular weight is 143 g/mol. The van der Waals surface area contributed by atoms with Crippen LogP contribution in [-0.2, 0) is 9.59 Å². The zero-order valence-electron chi connectivity index (χ0n) is 4.80. The molecule has 0 aromatic rings. The molecule has 3 nitrogen and oxygen atoms in total. The third-order valence-corrected chi connectivity index (χ3v) is 1.69. The zero-order valence-corrected chi connectivity index (χ0v) is 5.62. The van der Waals surface area contributed by atoms with Gasteiger partial charge < -0.3 is 0 Å². The van der Waals surface area contributed by atoms with Gasteiger partial charge in [0, 0.05) is 6.08 Å². The summed E-state index contributed by atoms with van der Waals surface area (Å²) in [6, 6.07) is 0. The first-order chi connectivity index (χ1) is 4.24. The topological polar surface area (TPSA) is 46.2 Å². The second kappa shape index (κ2) is 2.23. The predicted octanol–water partition coefficient (Wildman–Crippen LogP) is -0.110. The third-order valence-electron chi connectivity index (χ3n) is 0.943. The molecule has 0 bridgehead atoms. The summed E-state index contributed by atoms with van der Waals surface area (Å²) in [7, 11) is 0. The Bertz CT molecular complexity index is 197. The van der Waals surface area contributed by atoms with E-state index in [2.05, 4.69) is 5.32 Å². The molecule has 4 heteroatoms. The second-order valence-electron chi connectivity index (χ2n) is 1.53. The van der Waals surface area contributed by atoms with Crippen molar-refractivity contribution in [2.45, 2.75) is 0 Å². The summed E-state index contributed by atoms with van der Waals surface area (Å²) in [5, 5.41) is 2.13. The minimum Gasteiger partial charge on any atom is -0.288 e. The number of amides is 2. The molecule has 0 radical (unpaired) electrons. The smallest absolute Gasteiger partial charge is 0.264 e. The van der Waals surface area contributed by atoms with Crippen molar-refractivity contribution in [2.75, 3.05) is 6.26 Å². The van der Waals surface area contributed by atoms with Gasteiger partial charge in [0.15, 0.2) is 0 Å². The number of rotatable bonds is 1. The quantitative estimate of drug-likeness (QED) is 0.521. The molecule has 1 aliphatic heterocycles. The minimum atomic E-state index is -0.315. The molecule has 1 N–H and O–H groups in total. The number of hydrogen-bond donors (Lipinski definition) is 1. The molecule has 2 amide bonds. The molecule has 0 aromatic heterocycles. The van der Waals surface area contributed by atoms with Gasteiger partial charge in [-0.05, 0) is 6.26 Å². The Morgan fingerprint density at radius 1 is 1.56 bits per heavy atom. The van der Waals surface area contributed by atoms with Crippen LogP contribution in [0.25, 0.3) is 0 Å². The van der Waals surface area contributed by atoms with Crippen molar-refractivity contribution < 1.29 is 9.59 Å². The molecule has 0 atom stereocenters. The van der Waals surface area contributed by atoms with Gasteiger partial charge in [0.05, 0.1) is 4.91 Å². The molecule has 1 rings (SSSR count). The van der Waals surface area contributed by atoms with Crippen LogP contribution in [0.3, 0.4) is 0 Å². The first kappa shape index (κ1) is 6.35. The first-order valence-corrected chi connectivity index (χ1v) is 3.57. The molecule has 48 valence electrons. The van der Waals surface area contributed by atoms with Gasteiger partial charge in [-0.25, -0.2) is 0 Å². The highest BCUT2D eigenvalue weighted by Crippen LogP contribution is 2.14. The van der Waals surface area contributed by atoms with E-state index < -0.39 is 0 Å². The highest BCUT2D eigenvalue weighted by Gasteiger charge is 2.18. The fraction of sp³-hybridized carbons (Fsp3) is 0.200. The van der Waals surface area contributed by atoms with Crippen LogP contribution in [0, 0.1) is 0 Å². The lowest BCUT2D eigenvalue weighted by Gasteiger charge is -1.88. The van der Waals surface area contributed by atoms with Crippen LogP contribution >= 0.6 is 11.8 Å². The Balaban J connectivity index is 2.80. The van der Waals surface area contributed by atoms with Crippen molar-refractivity contribution in [2.24, 2.45) is 0 Å². The summed E-state index contributed by atoms with van der Waals surface area (Å²) in [6.07, 6.45) is 3.05. The average Bonchev–Trinajstić information content (AvgIpc) is 2.10. The molecule has 0 spiro atoms. The molecule has 0 fully saturated rings. The first-order valence-electron chi connectivity index (χ1n) is 2.35. The molecular formula is C5H5NO2S. The minimum absolute atomic E-state index is 0.285. The Labute approximate surface area is 56.5 Å². The van der Waals surface area contributed by atoms with E-state index in [4.69, 9.17) is 0 Å². The van der Waals surface area contributed by atoms with Crippen molar-refractivity contribution in [1.29, 1.82) is 0 Å². The van der Waals surface area contributed by atoms with Crippen molar-refractivity contribution in [3.05, 3.63) is 11.0 Å². The lowest BCUT2D eigenvalue weighted by atomic mass is 10.6. The van der Waals surface area contributed by atoms with Crippen LogP contribution in [0.4, 0.5) is 0 Å². The summed E-state index contributed by atoms with van der Waals surface area (Å²) in [4.78, 5) is 21.5. The molecule has 1 heterocycles. The molecule has 0 saturated carbocycles. The predicted molar refractivity (Wildman–Crippen MR) is 34.7 cm³/mol. The number of nitrogens with one attached hydrogen (secondary N) is 1. The van der Waals surface area contributed by atoms with Gasteiger partial charge in [-0.1, -0.05) is 0 Å². The lowest BCUT2D eigenvalue weighted by Crippen LogP contribution is -2.21. The van der Waals surface area contributed by atoms with Gasteiger partial charge in [-0.2, -0.15) is 0 Å². The van der Waals surface area contributed by atoms with E-state index in [0.717, 1.165) is 0 Å². The number of hydrogen-bond acceptors (Lipinski definition) is 3. The molecule has 0 aliphatic carbocycles. The van der Waals surface area contributed by atoms with Gasteiger partial charge in [0.2, 0.25) is 0 Å². The van der Waals surface area contributed by atoms with Gasteiger partial charge in [-0.3, -0.25) is 14.9 Å². The Morgan fingerprint density at radius 3 is 2.44 bits per heavy atom. The van der Waals surface area contributed by atoms with Gasteiger partial charge in [-0.15, -0.1) is 11.8 Å². The highest BCUT2D eigenvalue weighted by atomic mass is 32.2. The zero-order chi connectivity index (χ0) is 6.85. The van der Waals surface area contributed by atoms with Crippen LogP contribution < -0.4 is 5.32 Å². The standard InChI is InChI=1S/C5H5NO2S/c1-9-3-2-4(7)6-5(3)8/h2H,1H3,(H,6,7,8). The maximum atomic E-state index is 10.6. The van der Waals surface area contributed by atoms with Gasteiger partial charge >= 0.3 is 0 Å². The summed E-state index contributed by atoms with van der Waals surface area (Å²) >= 11 is 1.27. The lowest BCUT2D eigenvalue weighted by molar-refractivity contribution is -0.123. The molecule has 0 aromatic carbocycles. The number of thioether (sulfide) groups is 1. The summed E-state index contributed by atoms with van der Waals surface area (Å²) < 4.78 is 0. The van der Waals surface area contributed by atoms with Gasteiger partial charge in [0.1, 0.15) is 0 Å². The molecular weight excluding hydrogens is 138 g/mol. The number of carbonyl (C=O) groups is 2. The third kappa shape index (κ3) is 1.13. The van der Waals surface area contributed by atoms with Crippen molar-refractivity contribution in [1.82, 2.24) is 5.32 Å². The van der Waals surface area contributed by atoms with E-state index in [1.165, 1.54) is 17.8 Å². The monoisotopic (exact) mass is 143 g/mol. The molecule has 0 unspecified atom stereocenters. The van der Waals surface area contributed by atoms with E-state index >= 15 is 0 Å². The number of imide groups is 1. The fourth-order valence-corrected chi connectivity index (χ4v) is 1.01.